The van der Waals surface area contributed by atoms with E-state index in [1.165, 1.54) is 0 Å². The maximum Gasteiger partial charge on any atom is 0.241 e. The maximum atomic E-state index is 12.1. The van der Waals surface area contributed by atoms with Crippen LogP contribution in [0, 0.1) is 0 Å². The van der Waals surface area contributed by atoms with Crippen LogP contribution in [0.15, 0.2) is 48.5 Å². The first kappa shape index (κ1) is 13.3. The van der Waals surface area contributed by atoms with E-state index in [9.17, 15) is 4.79 Å². The van der Waals surface area contributed by atoms with Crippen molar-refractivity contribution in [1.29, 1.82) is 0 Å². The lowest BCUT2D eigenvalue weighted by Gasteiger charge is -2.12. The van der Waals surface area contributed by atoms with Gasteiger partial charge in [-0.05, 0) is 30.2 Å². The molecule has 0 radical (unpaired) electrons. The van der Waals surface area contributed by atoms with Crippen molar-refractivity contribution in [2.45, 2.75) is 12.5 Å². The van der Waals surface area contributed by atoms with Crippen LogP contribution >= 0.6 is 0 Å². The molecular formula is C15H15N5O. The normalized spacial score (nSPS) is 12.2. The Balaban J connectivity index is 1.67. The summed E-state index contributed by atoms with van der Waals surface area (Å²) in [7, 11) is 0. The number of fused-ring (bicyclic) bond motifs is 1. The zero-order valence-electron chi connectivity index (χ0n) is 11.3. The molecule has 0 fully saturated rings. The van der Waals surface area contributed by atoms with Gasteiger partial charge in [-0.3, -0.25) is 4.79 Å². The lowest BCUT2D eigenvalue weighted by Crippen LogP contribution is -2.37. The predicted octanol–water partition coefficient (Wildman–Crippen LogP) is 1.47. The highest BCUT2D eigenvalue weighted by molar-refractivity contribution is 5.96. The van der Waals surface area contributed by atoms with Crippen molar-refractivity contribution in [2.24, 2.45) is 5.73 Å². The smallest absolute Gasteiger partial charge is 0.241 e. The van der Waals surface area contributed by atoms with Crippen LogP contribution in [0.3, 0.4) is 0 Å². The average molecular weight is 281 g/mol. The van der Waals surface area contributed by atoms with E-state index >= 15 is 0 Å². The number of H-pyrrole nitrogens is 1. The summed E-state index contributed by atoms with van der Waals surface area (Å²) in [5, 5.41) is 13.3. The van der Waals surface area contributed by atoms with Crippen LogP contribution in [-0.4, -0.2) is 27.4 Å². The number of hydrogen-bond donors (Lipinski definition) is 3. The number of rotatable bonds is 4. The highest BCUT2D eigenvalue weighted by Crippen LogP contribution is 2.15. The number of aromatic nitrogens is 3. The van der Waals surface area contributed by atoms with E-state index in [4.69, 9.17) is 5.73 Å². The van der Waals surface area contributed by atoms with Crippen LogP contribution in [0.4, 0.5) is 5.69 Å². The zero-order chi connectivity index (χ0) is 14.7. The van der Waals surface area contributed by atoms with Gasteiger partial charge in [0.1, 0.15) is 11.0 Å². The molecule has 6 heteroatoms. The van der Waals surface area contributed by atoms with Gasteiger partial charge in [0.2, 0.25) is 5.91 Å². The Hall–Kier alpha value is -2.73. The molecule has 0 spiro atoms. The van der Waals surface area contributed by atoms with Crippen molar-refractivity contribution >= 4 is 22.6 Å². The van der Waals surface area contributed by atoms with E-state index < -0.39 is 6.04 Å². The Morgan fingerprint density at radius 2 is 1.90 bits per heavy atom. The van der Waals surface area contributed by atoms with Crippen LogP contribution in [0.5, 0.6) is 0 Å². The van der Waals surface area contributed by atoms with Crippen molar-refractivity contribution in [3.8, 4) is 0 Å². The molecule has 0 aliphatic rings. The quantitative estimate of drug-likeness (QED) is 0.674. The molecule has 21 heavy (non-hydrogen) atoms. The van der Waals surface area contributed by atoms with Gasteiger partial charge in [0.05, 0.1) is 6.04 Å². The van der Waals surface area contributed by atoms with Crippen LogP contribution in [0.1, 0.15) is 5.56 Å². The van der Waals surface area contributed by atoms with Gasteiger partial charge in [0, 0.05) is 5.69 Å². The van der Waals surface area contributed by atoms with E-state index in [0.29, 0.717) is 17.6 Å². The molecule has 0 aliphatic heterocycles. The van der Waals surface area contributed by atoms with Gasteiger partial charge in [-0.15, -0.1) is 0 Å². The standard InChI is InChI=1S/C15H15N5O/c16-12(8-10-4-2-1-3-5-10)15(21)17-11-6-7-13-14(9-11)19-20-18-13/h1-7,9,12H,8,16H2,(H,17,21)(H,18,19,20). The molecule has 0 saturated heterocycles. The molecule has 0 bridgehead atoms. The number of carbonyl (C=O) groups excluding carboxylic acids is 1. The van der Waals surface area contributed by atoms with Gasteiger partial charge in [-0.25, -0.2) is 0 Å². The monoisotopic (exact) mass is 281 g/mol. The number of aromatic amines is 1. The molecular weight excluding hydrogens is 266 g/mol. The number of benzene rings is 2. The largest absolute Gasteiger partial charge is 0.325 e. The number of carbonyl (C=O) groups is 1. The summed E-state index contributed by atoms with van der Waals surface area (Å²) < 4.78 is 0. The second-order valence-corrected chi connectivity index (χ2v) is 4.81. The molecule has 2 aromatic carbocycles. The molecule has 4 N–H and O–H groups in total. The summed E-state index contributed by atoms with van der Waals surface area (Å²) in [4.78, 5) is 12.1. The Labute approximate surface area is 121 Å². The Morgan fingerprint density at radius 3 is 2.71 bits per heavy atom. The Bertz CT molecular complexity index is 753. The zero-order valence-corrected chi connectivity index (χ0v) is 11.3. The van der Waals surface area contributed by atoms with Gasteiger partial charge in [-0.2, -0.15) is 15.4 Å². The molecule has 1 unspecified atom stereocenters. The van der Waals surface area contributed by atoms with E-state index in [-0.39, 0.29) is 5.91 Å². The van der Waals surface area contributed by atoms with E-state index in [1.54, 1.807) is 18.2 Å². The molecule has 1 atom stereocenters. The van der Waals surface area contributed by atoms with Crippen LogP contribution < -0.4 is 11.1 Å². The molecule has 106 valence electrons. The summed E-state index contributed by atoms with van der Waals surface area (Å²) in [5.74, 6) is -0.221. The van der Waals surface area contributed by atoms with E-state index in [2.05, 4.69) is 20.7 Å². The average Bonchev–Trinajstić information content (AvgIpc) is 2.95. The fourth-order valence-electron chi connectivity index (χ4n) is 2.11. The summed E-state index contributed by atoms with van der Waals surface area (Å²) in [5.41, 5.74) is 9.09. The Kier molecular flexibility index (Phi) is 3.61. The van der Waals surface area contributed by atoms with Crippen LogP contribution in [0.25, 0.3) is 11.0 Å². The van der Waals surface area contributed by atoms with Gasteiger partial charge < -0.3 is 11.1 Å². The lowest BCUT2D eigenvalue weighted by molar-refractivity contribution is -0.117. The fourth-order valence-corrected chi connectivity index (χ4v) is 2.11. The van der Waals surface area contributed by atoms with Crippen LogP contribution in [0.2, 0.25) is 0 Å². The minimum absolute atomic E-state index is 0.221. The van der Waals surface area contributed by atoms with Gasteiger partial charge in [0.25, 0.3) is 0 Å². The fraction of sp³-hybridized carbons (Fsp3) is 0.133. The summed E-state index contributed by atoms with van der Waals surface area (Å²) in [6, 6.07) is 14.4. The molecule has 1 aromatic heterocycles. The topological polar surface area (TPSA) is 96.7 Å². The maximum absolute atomic E-state index is 12.1. The van der Waals surface area contributed by atoms with E-state index in [0.717, 1.165) is 11.1 Å². The highest BCUT2D eigenvalue weighted by Gasteiger charge is 2.14. The first-order valence-corrected chi connectivity index (χ1v) is 6.63. The van der Waals surface area contributed by atoms with Crippen molar-refractivity contribution in [3.63, 3.8) is 0 Å². The third kappa shape index (κ3) is 3.06. The number of nitrogens with zero attached hydrogens (tertiary/aromatic N) is 2. The van der Waals surface area contributed by atoms with Crippen molar-refractivity contribution in [1.82, 2.24) is 15.4 Å². The minimum atomic E-state index is -0.597. The molecule has 3 rings (SSSR count). The summed E-state index contributed by atoms with van der Waals surface area (Å²) in [6.07, 6.45) is 0.499. The predicted molar refractivity (Wildman–Crippen MR) is 80.6 cm³/mol. The minimum Gasteiger partial charge on any atom is -0.325 e. The number of nitrogens with one attached hydrogen (secondary N) is 2. The third-order valence-electron chi connectivity index (χ3n) is 3.22. The Morgan fingerprint density at radius 1 is 1.14 bits per heavy atom. The summed E-state index contributed by atoms with van der Waals surface area (Å²) >= 11 is 0. The van der Waals surface area contributed by atoms with Gasteiger partial charge in [-0.1, -0.05) is 30.3 Å². The molecule has 0 saturated carbocycles. The van der Waals surface area contributed by atoms with Gasteiger partial charge >= 0.3 is 0 Å². The molecule has 6 nitrogen and oxygen atoms in total. The van der Waals surface area contributed by atoms with E-state index in [1.807, 2.05) is 30.3 Å². The first-order valence-electron chi connectivity index (χ1n) is 6.63. The number of hydrogen-bond acceptors (Lipinski definition) is 4. The number of nitrogens with two attached hydrogens (primary N) is 1. The second kappa shape index (κ2) is 5.72. The molecule has 1 amide bonds. The molecule has 3 aromatic rings. The SMILES string of the molecule is NC(Cc1ccccc1)C(=O)Nc1ccc2n[nH]nc2c1. The lowest BCUT2D eigenvalue weighted by atomic mass is 10.1. The van der Waals surface area contributed by atoms with Crippen molar-refractivity contribution < 1.29 is 4.79 Å². The van der Waals surface area contributed by atoms with Crippen molar-refractivity contribution in [3.05, 3.63) is 54.1 Å². The first-order chi connectivity index (χ1) is 10.2. The van der Waals surface area contributed by atoms with Gasteiger partial charge in [0.15, 0.2) is 0 Å². The summed E-state index contributed by atoms with van der Waals surface area (Å²) in [6.45, 7) is 0. The second-order valence-electron chi connectivity index (χ2n) is 4.81. The number of anilines is 1. The highest BCUT2D eigenvalue weighted by atomic mass is 16.2. The molecule has 0 aliphatic carbocycles. The molecule has 1 heterocycles. The van der Waals surface area contributed by atoms with Crippen LogP contribution in [-0.2, 0) is 11.2 Å². The third-order valence-corrected chi connectivity index (χ3v) is 3.22. The van der Waals surface area contributed by atoms with Crippen molar-refractivity contribution in [2.75, 3.05) is 5.32 Å². The number of amides is 1.